The molecule has 1 aromatic rings. The minimum absolute atomic E-state index is 0.00688. The Hall–Kier alpha value is -1.40. The highest BCUT2D eigenvalue weighted by Gasteiger charge is 2.34. The number of carbonyl (C=O) groups is 2. The Morgan fingerprint density at radius 2 is 1.90 bits per heavy atom. The van der Waals surface area contributed by atoms with Crippen LogP contribution in [0.3, 0.4) is 0 Å². The van der Waals surface area contributed by atoms with Crippen LogP contribution in [0.2, 0.25) is 0 Å². The smallest absolute Gasteiger partial charge is 0.264 e. The summed E-state index contributed by atoms with van der Waals surface area (Å²) < 4.78 is 0. The summed E-state index contributed by atoms with van der Waals surface area (Å²) in [7, 11) is 0. The van der Waals surface area contributed by atoms with Crippen LogP contribution in [0.5, 0.6) is 0 Å². The fraction of sp³-hybridized carbons (Fsp3) is 0.600. The monoisotopic (exact) mass is 309 g/mol. The molecule has 0 aliphatic carbocycles. The predicted octanol–water partition coefficient (Wildman–Crippen LogP) is 1.55. The molecule has 21 heavy (non-hydrogen) atoms. The summed E-state index contributed by atoms with van der Waals surface area (Å²) in [6, 6.07) is 3.71. The van der Waals surface area contributed by atoms with E-state index >= 15 is 0 Å². The number of hydrogen-bond donors (Lipinski definition) is 1. The van der Waals surface area contributed by atoms with E-state index in [-0.39, 0.29) is 11.8 Å². The average molecular weight is 309 g/mol. The summed E-state index contributed by atoms with van der Waals surface area (Å²) in [5.41, 5.74) is 5.31. The van der Waals surface area contributed by atoms with Crippen LogP contribution < -0.4 is 5.73 Å². The third-order valence-corrected chi connectivity index (χ3v) is 4.70. The van der Waals surface area contributed by atoms with Crippen LogP contribution in [0.25, 0.3) is 0 Å². The standard InChI is InChI=1S/C15H23N3O2S/c1-3-6-15(2,16)14(20)18-9-7-17(8-10-18)13(19)12-5-4-11-21-12/h4-5,11H,3,6-10,16H2,1-2H3. The molecule has 0 bridgehead atoms. The van der Waals surface area contributed by atoms with Crippen LogP contribution in [0.1, 0.15) is 36.4 Å². The maximum Gasteiger partial charge on any atom is 0.264 e. The van der Waals surface area contributed by atoms with Crippen LogP contribution in [0, 0.1) is 0 Å². The molecule has 6 heteroatoms. The van der Waals surface area contributed by atoms with Crippen molar-refractivity contribution in [1.82, 2.24) is 9.80 Å². The Balaban J connectivity index is 1.91. The van der Waals surface area contributed by atoms with Crippen molar-refractivity contribution < 1.29 is 9.59 Å². The van der Waals surface area contributed by atoms with Gasteiger partial charge in [-0.25, -0.2) is 0 Å². The van der Waals surface area contributed by atoms with E-state index in [1.54, 1.807) is 11.8 Å². The Morgan fingerprint density at radius 1 is 1.29 bits per heavy atom. The topological polar surface area (TPSA) is 66.6 Å². The lowest BCUT2D eigenvalue weighted by Crippen LogP contribution is -2.58. The van der Waals surface area contributed by atoms with Crippen molar-refractivity contribution in [1.29, 1.82) is 0 Å². The van der Waals surface area contributed by atoms with Gasteiger partial charge < -0.3 is 15.5 Å². The van der Waals surface area contributed by atoms with Crippen LogP contribution in [-0.2, 0) is 4.79 Å². The second-order valence-corrected chi connectivity index (χ2v) is 6.68. The van der Waals surface area contributed by atoms with Gasteiger partial charge in [0.25, 0.3) is 5.91 Å². The molecular weight excluding hydrogens is 286 g/mol. The predicted molar refractivity (Wildman–Crippen MR) is 84.3 cm³/mol. The molecule has 0 aromatic carbocycles. The second-order valence-electron chi connectivity index (χ2n) is 5.73. The zero-order valence-electron chi connectivity index (χ0n) is 12.7. The Morgan fingerprint density at radius 3 is 2.43 bits per heavy atom. The molecule has 1 unspecified atom stereocenters. The van der Waals surface area contributed by atoms with Gasteiger partial charge in [-0.05, 0) is 24.8 Å². The van der Waals surface area contributed by atoms with Gasteiger partial charge in [-0.15, -0.1) is 11.3 Å². The molecule has 2 rings (SSSR count). The van der Waals surface area contributed by atoms with Gasteiger partial charge in [0.1, 0.15) is 0 Å². The minimum Gasteiger partial charge on any atom is -0.338 e. The van der Waals surface area contributed by atoms with Crippen molar-refractivity contribution in [2.24, 2.45) is 5.73 Å². The third kappa shape index (κ3) is 3.63. The SMILES string of the molecule is CCCC(C)(N)C(=O)N1CCN(C(=O)c2cccs2)CC1. The van der Waals surface area contributed by atoms with E-state index in [1.807, 2.05) is 29.3 Å². The van der Waals surface area contributed by atoms with Gasteiger partial charge in [0.05, 0.1) is 10.4 Å². The van der Waals surface area contributed by atoms with E-state index in [1.165, 1.54) is 11.3 Å². The number of carbonyl (C=O) groups excluding carboxylic acids is 2. The number of hydrogen-bond acceptors (Lipinski definition) is 4. The molecule has 1 saturated heterocycles. The molecule has 2 N–H and O–H groups in total. The first-order valence-electron chi connectivity index (χ1n) is 7.36. The first kappa shape index (κ1) is 16.0. The van der Waals surface area contributed by atoms with E-state index in [2.05, 4.69) is 0 Å². The number of rotatable bonds is 4. The largest absolute Gasteiger partial charge is 0.338 e. The van der Waals surface area contributed by atoms with E-state index in [4.69, 9.17) is 5.73 Å². The molecule has 2 amide bonds. The molecule has 0 saturated carbocycles. The lowest BCUT2D eigenvalue weighted by atomic mass is 9.95. The van der Waals surface area contributed by atoms with Gasteiger partial charge in [-0.2, -0.15) is 0 Å². The Kier molecular flexibility index (Phi) is 5.00. The number of thiophene rings is 1. The zero-order valence-corrected chi connectivity index (χ0v) is 13.5. The molecule has 1 fully saturated rings. The summed E-state index contributed by atoms with van der Waals surface area (Å²) in [5.74, 6) is 0.0498. The molecule has 0 radical (unpaired) electrons. The summed E-state index contributed by atoms with van der Waals surface area (Å²) in [6.45, 7) is 6.09. The number of amides is 2. The summed E-state index contributed by atoms with van der Waals surface area (Å²) in [4.78, 5) is 29.0. The Labute approximate surface area is 129 Å². The summed E-state index contributed by atoms with van der Waals surface area (Å²) >= 11 is 1.45. The Bertz CT molecular complexity index is 491. The highest BCUT2D eigenvalue weighted by Crippen LogP contribution is 2.17. The van der Waals surface area contributed by atoms with Crippen molar-refractivity contribution in [3.8, 4) is 0 Å². The molecule has 1 aliphatic rings. The van der Waals surface area contributed by atoms with Gasteiger partial charge in [0, 0.05) is 26.2 Å². The lowest BCUT2D eigenvalue weighted by molar-refractivity contribution is -0.138. The zero-order chi connectivity index (χ0) is 15.5. The summed E-state index contributed by atoms with van der Waals surface area (Å²) in [5, 5.41) is 1.90. The van der Waals surface area contributed by atoms with E-state index < -0.39 is 5.54 Å². The van der Waals surface area contributed by atoms with Gasteiger partial charge in [0.2, 0.25) is 5.91 Å². The molecular formula is C15H23N3O2S. The normalized spacial score (nSPS) is 18.4. The van der Waals surface area contributed by atoms with E-state index in [0.29, 0.717) is 32.6 Å². The fourth-order valence-electron chi connectivity index (χ4n) is 2.66. The maximum absolute atomic E-state index is 12.4. The van der Waals surface area contributed by atoms with E-state index in [9.17, 15) is 9.59 Å². The van der Waals surface area contributed by atoms with Gasteiger partial charge >= 0.3 is 0 Å². The van der Waals surface area contributed by atoms with Crippen LogP contribution in [0.15, 0.2) is 17.5 Å². The van der Waals surface area contributed by atoms with Gasteiger partial charge in [0.15, 0.2) is 0 Å². The van der Waals surface area contributed by atoms with Gasteiger partial charge in [-0.1, -0.05) is 19.4 Å². The lowest BCUT2D eigenvalue weighted by Gasteiger charge is -2.38. The van der Waals surface area contributed by atoms with Crippen LogP contribution >= 0.6 is 11.3 Å². The molecule has 116 valence electrons. The molecule has 1 aromatic heterocycles. The van der Waals surface area contributed by atoms with E-state index in [0.717, 1.165) is 11.3 Å². The highest BCUT2D eigenvalue weighted by molar-refractivity contribution is 7.12. The molecule has 5 nitrogen and oxygen atoms in total. The highest BCUT2D eigenvalue weighted by atomic mass is 32.1. The maximum atomic E-state index is 12.4. The van der Waals surface area contributed by atoms with Crippen molar-refractivity contribution in [2.45, 2.75) is 32.2 Å². The molecule has 0 spiro atoms. The van der Waals surface area contributed by atoms with Gasteiger partial charge in [-0.3, -0.25) is 9.59 Å². The third-order valence-electron chi connectivity index (χ3n) is 3.84. The second kappa shape index (κ2) is 6.58. The molecule has 1 aliphatic heterocycles. The molecule has 2 heterocycles. The van der Waals surface area contributed by atoms with Crippen molar-refractivity contribution in [2.75, 3.05) is 26.2 Å². The summed E-state index contributed by atoms with van der Waals surface area (Å²) in [6.07, 6.45) is 1.57. The number of nitrogens with zero attached hydrogens (tertiary/aromatic N) is 2. The first-order valence-corrected chi connectivity index (χ1v) is 8.24. The average Bonchev–Trinajstić information content (AvgIpc) is 3.00. The van der Waals surface area contributed by atoms with Crippen LogP contribution in [-0.4, -0.2) is 53.3 Å². The minimum atomic E-state index is -0.797. The van der Waals surface area contributed by atoms with Crippen molar-refractivity contribution in [3.63, 3.8) is 0 Å². The van der Waals surface area contributed by atoms with Crippen LogP contribution in [0.4, 0.5) is 0 Å². The number of nitrogens with two attached hydrogens (primary N) is 1. The first-order chi connectivity index (χ1) is 9.95. The quantitative estimate of drug-likeness (QED) is 0.917. The van der Waals surface area contributed by atoms with Crippen molar-refractivity contribution in [3.05, 3.63) is 22.4 Å². The fourth-order valence-corrected chi connectivity index (χ4v) is 3.35. The number of piperazine rings is 1. The molecule has 1 atom stereocenters. The van der Waals surface area contributed by atoms with Crippen molar-refractivity contribution >= 4 is 23.2 Å².